The largest absolute Gasteiger partial charge is 0.390 e. The zero-order valence-corrected chi connectivity index (χ0v) is 8.32. The van der Waals surface area contributed by atoms with Crippen LogP contribution in [0.4, 0.5) is 0 Å². The fourth-order valence-electron chi connectivity index (χ4n) is 0.0833. The van der Waals surface area contributed by atoms with E-state index in [9.17, 15) is 0 Å². The molecule has 0 heterocycles. The molecule has 0 saturated heterocycles. The van der Waals surface area contributed by atoms with E-state index in [1.807, 2.05) is 0 Å². The highest BCUT2D eigenvalue weighted by molar-refractivity contribution is 7.28. The molecule has 0 bridgehead atoms. The molecule has 0 rings (SSSR count). The van der Waals surface area contributed by atoms with Crippen molar-refractivity contribution in [1.82, 2.24) is 0 Å². The van der Waals surface area contributed by atoms with E-state index >= 15 is 0 Å². The number of hydrogen-bond donors (Lipinski definition) is 0. The summed E-state index contributed by atoms with van der Waals surface area (Å²) >= 11 is 0. The van der Waals surface area contributed by atoms with E-state index in [1.165, 1.54) is 0 Å². The molecule has 5 heteroatoms. The van der Waals surface area contributed by atoms with Gasteiger partial charge in [-0.2, -0.15) is 0 Å². The summed E-state index contributed by atoms with van der Waals surface area (Å²) in [6, 6.07) is 0. The molecule has 0 N–H and O–H groups in total. The summed E-state index contributed by atoms with van der Waals surface area (Å²) < 4.78 is 9.34. The Balaban J connectivity index is 2.19. The van der Waals surface area contributed by atoms with Crippen LogP contribution in [0.2, 0.25) is 0 Å². The second kappa shape index (κ2) is 4.78. The average Bonchev–Trinajstić information content (AvgIpc) is 1.41. The van der Waals surface area contributed by atoms with Crippen LogP contribution in [0.15, 0.2) is 0 Å². The first-order chi connectivity index (χ1) is 2.41. The lowest BCUT2D eigenvalue weighted by molar-refractivity contribution is 0.577. The Morgan fingerprint density at radius 2 is 1.60 bits per heavy atom. The third-order valence-electron chi connectivity index (χ3n) is 0.167. The number of rotatable bonds is 2. The summed E-state index contributed by atoms with van der Waals surface area (Å²) in [5.74, 6) is 0. The fraction of sp³-hybridized carbons (Fsp3) is 0. The summed E-state index contributed by atoms with van der Waals surface area (Å²) in [5, 5.41) is 0. The first kappa shape index (κ1) is 5.78. The molecule has 32 valence electrons. The minimum Gasteiger partial charge on any atom is -0.390 e. The normalized spacial score (nSPS) is 12.0. The minimum absolute atomic E-state index is 0.321. The van der Waals surface area contributed by atoms with Crippen molar-refractivity contribution >= 4 is 30.0 Å². The molecule has 0 spiro atoms. The highest BCUT2D eigenvalue weighted by atomic mass is 31.1. The number of hydrogen-bond acceptors (Lipinski definition) is 2. The average molecular weight is 126 g/mol. The lowest BCUT2D eigenvalue weighted by Crippen LogP contribution is -1.65. The van der Waals surface area contributed by atoms with Crippen LogP contribution in [-0.2, 0) is 8.43 Å². The van der Waals surface area contributed by atoms with Crippen molar-refractivity contribution in [2.24, 2.45) is 0 Å². The zero-order valence-electron chi connectivity index (χ0n) is 3.32. The van der Waals surface area contributed by atoms with Gasteiger partial charge in [0.2, 0.25) is 0 Å². The maximum absolute atomic E-state index is 4.67. The third-order valence-corrected chi connectivity index (χ3v) is 1.50. The van der Waals surface area contributed by atoms with Gasteiger partial charge in [0.05, 0.1) is 0 Å². The standard InChI is InChI=1S/H7O2PSi2/c4-1-3-2-5/h3H,4-5H3. The maximum atomic E-state index is 4.67. The molecule has 0 aliphatic carbocycles. The van der Waals surface area contributed by atoms with Gasteiger partial charge in [0.25, 0.3) is 0 Å². The lowest BCUT2D eigenvalue weighted by atomic mass is 15.8. The van der Waals surface area contributed by atoms with E-state index in [0.717, 1.165) is 21.0 Å². The van der Waals surface area contributed by atoms with Crippen LogP contribution >= 0.6 is 9.03 Å². The van der Waals surface area contributed by atoms with Crippen molar-refractivity contribution in [3.63, 3.8) is 0 Å². The van der Waals surface area contributed by atoms with E-state index in [4.69, 9.17) is 0 Å². The first-order valence-electron chi connectivity index (χ1n) is 1.22. The van der Waals surface area contributed by atoms with Gasteiger partial charge in [0, 0.05) is 0 Å². The Labute approximate surface area is 39.3 Å². The summed E-state index contributed by atoms with van der Waals surface area (Å²) in [5.41, 5.74) is 0. The van der Waals surface area contributed by atoms with E-state index in [0.29, 0.717) is 9.03 Å². The molecule has 5 heavy (non-hydrogen) atoms. The van der Waals surface area contributed by atoms with Crippen LogP contribution in [0.25, 0.3) is 0 Å². The summed E-state index contributed by atoms with van der Waals surface area (Å²) in [7, 11) is 1.94. The van der Waals surface area contributed by atoms with Gasteiger partial charge in [-0.15, -0.1) is 0 Å². The molecule has 0 atom stereocenters. The van der Waals surface area contributed by atoms with Crippen molar-refractivity contribution < 1.29 is 8.43 Å². The van der Waals surface area contributed by atoms with Crippen molar-refractivity contribution in [3.8, 4) is 0 Å². The van der Waals surface area contributed by atoms with Crippen LogP contribution in [0.3, 0.4) is 0 Å². The summed E-state index contributed by atoms with van der Waals surface area (Å²) in [6.07, 6.45) is 0. The van der Waals surface area contributed by atoms with Gasteiger partial charge < -0.3 is 8.43 Å². The molecule has 0 radical (unpaired) electrons. The van der Waals surface area contributed by atoms with E-state index in [2.05, 4.69) is 8.43 Å². The molecule has 0 aliphatic rings. The van der Waals surface area contributed by atoms with Crippen molar-refractivity contribution in [3.05, 3.63) is 0 Å². The van der Waals surface area contributed by atoms with E-state index in [1.54, 1.807) is 0 Å². The molecule has 2 nitrogen and oxygen atoms in total. The van der Waals surface area contributed by atoms with Crippen LogP contribution in [0.1, 0.15) is 0 Å². The summed E-state index contributed by atoms with van der Waals surface area (Å²) in [6.45, 7) is 0. The van der Waals surface area contributed by atoms with Gasteiger partial charge in [0.1, 0.15) is 9.03 Å². The second-order valence-corrected chi connectivity index (χ2v) is 3.92. The monoisotopic (exact) mass is 126 g/mol. The van der Waals surface area contributed by atoms with Gasteiger partial charge in [-0.1, -0.05) is 0 Å². The fourth-order valence-corrected chi connectivity index (χ4v) is 2.25. The second-order valence-electron chi connectivity index (χ2n) is 0.492. The Kier molecular flexibility index (Phi) is 5.53. The van der Waals surface area contributed by atoms with Gasteiger partial charge in [-0.05, 0) is 0 Å². The maximum Gasteiger partial charge on any atom is 0.154 e. The van der Waals surface area contributed by atoms with Crippen LogP contribution < -0.4 is 0 Å². The van der Waals surface area contributed by atoms with Crippen LogP contribution in [-0.4, -0.2) is 21.0 Å². The highest BCUT2D eigenvalue weighted by Gasteiger charge is 1.63. The highest BCUT2D eigenvalue weighted by Crippen LogP contribution is 2.04. The van der Waals surface area contributed by atoms with Gasteiger partial charge in [-0.3, -0.25) is 0 Å². The molecule has 0 aromatic rings. The van der Waals surface area contributed by atoms with Crippen molar-refractivity contribution in [2.45, 2.75) is 0 Å². The third kappa shape index (κ3) is 4.78. The Morgan fingerprint density at radius 1 is 1.20 bits per heavy atom. The van der Waals surface area contributed by atoms with Crippen molar-refractivity contribution in [1.29, 1.82) is 0 Å². The topological polar surface area (TPSA) is 18.5 Å². The molecule has 0 amide bonds. The van der Waals surface area contributed by atoms with E-state index < -0.39 is 0 Å². The molecule has 0 saturated carbocycles. The molecule has 0 fully saturated rings. The molecule has 0 aromatic carbocycles. The van der Waals surface area contributed by atoms with Gasteiger partial charge >= 0.3 is 0 Å². The SMILES string of the molecule is [SiH3]OPO[SiH3]. The van der Waals surface area contributed by atoms with Crippen LogP contribution in [0.5, 0.6) is 0 Å². The lowest BCUT2D eigenvalue weighted by Gasteiger charge is -1.88. The van der Waals surface area contributed by atoms with Gasteiger partial charge in [0.15, 0.2) is 21.0 Å². The Bertz CT molecular complexity index is 15.1. The predicted octanol–water partition coefficient (Wildman–Crippen LogP) is -1.91. The molecular weight excluding hydrogens is 119 g/mol. The molecule has 0 aromatic heterocycles. The van der Waals surface area contributed by atoms with E-state index in [-0.39, 0.29) is 0 Å². The van der Waals surface area contributed by atoms with Crippen LogP contribution in [0, 0.1) is 0 Å². The molecule has 0 unspecified atom stereocenters. The molecule has 0 aliphatic heterocycles. The summed E-state index contributed by atoms with van der Waals surface area (Å²) in [4.78, 5) is 0. The Morgan fingerprint density at radius 3 is 1.60 bits per heavy atom. The molecular formula is H7O2PSi2. The Hall–Kier alpha value is 0.784. The van der Waals surface area contributed by atoms with Crippen molar-refractivity contribution in [2.75, 3.05) is 0 Å². The quantitative estimate of drug-likeness (QED) is 0.317. The first-order valence-corrected chi connectivity index (χ1v) is 3.67. The zero-order chi connectivity index (χ0) is 4.12. The predicted molar refractivity (Wildman–Crippen MR) is 30.4 cm³/mol. The van der Waals surface area contributed by atoms with Gasteiger partial charge in [-0.25, -0.2) is 0 Å². The minimum atomic E-state index is 0.321. The smallest absolute Gasteiger partial charge is 0.154 e.